The topological polar surface area (TPSA) is 60.5 Å². The minimum absolute atomic E-state index is 0.186. The van der Waals surface area contributed by atoms with Gasteiger partial charge in [0, 0.05) is 20.3 Å². The Morgan fingerprint density at radius 1 is 1.30 bits per heavy atom. The highest BCUT2D eigenvalue weighted by atomic mass is 16.5. The Balaban J connectivity index is 1.62. The van der Waals surface area contributed by atoms with Crippen LogP contribution in [0, 0.1) is 0 Å². The molecule has 1 amide bonds. The van der Waals surface area contributed by atoms with Crippen molar-refractivity contribution in [2.24, 2.45) is 7.05 Å². The molecule has 0 saturated heterocycles. The molecule has 0 unspecified atom stereocenters. The van der Waals surface area contributed by atoms with Crippen LogP contribution >= 0.6 is 0 Å². The molecule has 1 aromatic carbocycles. The summed E-state index contributed by atoms with van der Waals surface area (Å²) < 4.78 is 13.3. The van der Waals surface area contributed by atoms with Crippen LogP contribution in [0.1, 0.15) is 27.6 Å². The number of aryl methyl sites for hydroxylation is 1. The van der Waals surface area contributed by atoms with Crippen LogP contribution in [0.15, 0.2) is 65.7 Å². The Morgan fingerprint density at radius 3 is 2.85 bits per heavy atom. The molecule has 27 heavy (non-hydrogen) atoms. The van der Waals surface area contributed by atoms with Crippen LogP contribution in [0.5, 0.6) is 5.75 Å². The first kappa shape index (κ1) is 18.5. The summed E-state index contributed by atoms with van der Waals surface area (Å²) in [4.78, 5) is 14.2. The van der Waals surface area contributed by atoms with Crippen molar-refractivity contribution < 1.29 is 13.9 Å². The number of amides is 1. The smallest absolute Gasteiger partial charge is 0.289 e. The molecule has 0 atom stereocenters. The lowest BCUT2D eigenvalue weighted by Gasteiger charge is -2.15. The first-order valence-electron chi connectivity index (χ1n) is 8.71. The second kappa shape index (κ2) is 8.40. The van der Waals surface area contributed by atoms with Gasteiger partial charge in [-0.3, -0.25) is 9.48 Å². The van der Waals surface area contributed by atoms with Crippen LogP contribution in [0.25, 0.3) is 0 Å². The van der Waals surface area contributed by atoms with Gasteiger partial charge >= 0.3 is 0 Å². The van der Waals surface area contributed by atoms with Crippen LogP contribution in [0.3, 0.4) is 0 Å². The fourth-order valence-electron chi connectivity index (χ4n) is 2.75. The van der Waals surface area contributed by atoms with E-state index >= 15 is 0 Å². The molecular formula is C21H23N3O3. The first-order chi connectivity index (χ1) is 13.1. The Hall–Kier alpha value is -3.28. The number of hydrogen-bond donors (Lipinski definition) is 0. The van der Waals surface area contributed by atoms with E-state index in [1.165, 1.54) is 0 Å². The van der Waals surface area contributed by atoms with Crippen molar-refractivity contribution in [3.63, 3.8) is 0 Å². The highest BCUT2D eigenvalue weighted by molar-refractivity contribution is 5.91. The van der Waals surface area contributed by atoms with Gasteiger partial charge in [-0.05, 0) is 36.2 Å². The molecule has 2 aromatic heterocycles. The van der Waals surface area contributed by atoms with Crippen LogP contribution in [-0.4, -0.2) is 27.6 Å². The Labute approximate surface area is 158 Å². The zero-order valence-corrected chi connectivity index (χ0v) is 15.6. The number of rotatable bonds is 8. The SMILES string of the molecule is C=CCc1ccccc1OCc1ccc(C(=O)N(C)Cc2ccnn2C)o1. The zero-order chi connectivity index (χ0) is 19.2. The van der Waals surface area contributed by atoms with Crippen LogP contribution in [0.4, 0.5) is 0 Å². The number of para-hydroxylation sites is 1. The lowest BCUT2D eigenvalue weighted by Crippen LogP contribution is -2.26. The molecule has 3 rings (SSSR count). The van der Waals surface area contributed by atoms with Crippen molar-refractivity contribution in [1.29, 1.82) is 0 Å². The second-order valence-corrected chi connectivity index (χ2v) is 6.26. The molecule has 0 bridgehead atoms. The van der Waals surface area contributed by atoms with Gasteiger partial charge in [0.1, 0.15) is 18.1 Å². The van der Waals surface area contributed by atoms with Gasteiger partial charge in [0.2, 0.25) is 0 Å². The summed E-state index contributed by atoms with van der Waals surface area (Å²) >= 11 is 0. The number of furan rings is 1. The number of ether oxygens (including phenoxy) is 1. The molecular weight excluding hydrogens is 342 g/mol. The molecule has 0 saturated carbocycles. The van der Waals surface area contributed by atoms with Gasteiger partial charge < -0.3 is 14.1 Å². The number of nitrogens with zero attached hydrogens (tertiary/aromatic N) is 3. The molecule has 0 aliphatic carbocycles. The van der Waals surface area contributed by atoms with Gasteiger partial charge in [0.25, 0.3) is 5.91 Å². The van der Waals surface area contributed by atoms with Crippen LogP contribution in [-0.2, 0) is 26.6 Å². The van der Waals surface area contributed by atoms with Crippen LogP contribution < -0.4 is 4.74 Å². The second-order valence-electron chi connectivity index (χ2n) is 6.26. The van der Waals surface area contributed by atoms with Gasteiger partial charge in [-0.15, -0.1) is 6.58 Å². The molecule has 0 radical (unpaired) electrons. The van der Waals surface area contributed by atoms with E-state index in [9.17, 15) is 4.79 Å². The van der Waals surface area contributed by atoms with E-state index in [0.29, 0.717) is 12.3 Å². The maximum atomic E-state index is 12.6. The third-order valence-corrected chi connectivity index (χ3v) is 4.25. The van der Waals surface area contributed by atoms with Gasteiger partial charge in [0.05, 0.1) is 12.2 Å². The highest BCUT2D eigenvalue weighted by Gasteiger charge is 2.17. The molecule has 6 nitrogen and oxygen atoms in total. The van der Waals surface area contributed by atoms with Crippen molar-refractivity contribution >= 4 is 5.91 Å². The maximum Gasteiger partial charge on any atom is 0.289 e. The van der Waals surface area contributed by atoms with E-state index in [-0.39, 0.29) is 18.3 Å². The van der Waals surface area contributed by atoms with E-state index in [2.05, 4.69) is 11.7 Å². The van der Waals surface area contributed by atoms with E-state index in [4.69, 9.17) is 9.15 Å². The summed E-state index contributed by atoms with van der Waals surface area (Å²) in [5.41, 5.74) is 2.01. The summed E-state index contributed by atoms with van der Waals surface area (Å²) in [5, 5.41) is 4.11. The lowest BCUT2D eigenvalue weighted by molar-refractivity contribution is 0.0746. The fourth-order valence-corrected chi connectivity index (χ4v) is 2.75. The van der Waals surface area contributed by atoms with Gasteiger partial charge in [-0.25, -0.2) is 0 Å². The highest BCUT2D eigenvalue weighted by Crippen LogP contribution is 2.21. The van der Waals surface area contributed by atoms with Gasteiger partial charge in [-0.2, -0.15) is 5.10 Å². The normalized spacial score (nSPS) is 10.6. The number of carbonyl (C=O) groups excluding carboxylic acids is 1. The summed E-state index contributed by atoms with van der Waals surface area (Å²) in [6.07, 6.45) is 4.28. The van der Waals surface area contributed by atoms with Crippen LogP contribution in [0.2, 0.25) is 0 Å². The van der Waals surface area contributed by atoms with Gasteiger partial charge in [-0.1, -0.05) is 24.3 Å². The Bertz CT molecular complexity index is 926. The summed E-state index contributed by atoms with van der Waals surface area (Å²) in [6.45, 7) is 4.48. The molecule has 0 aliphatic rings. The van der Waals surface area contributed by atoms with Crippen molar-refractivity contribution in [1.82, 2.24) is 14.7 Å². The first-order valence-corrected chi connectivity index (χ1v) is 8.71. The van der Waals surface area contributed by atoms with Crippen molar-refractivity contribution in [2.75, 3.05) is 7.05 Å². The number of aromatic nitrogens is 2. The standard InChI is InChI=1S/C21H23N3O3/c1-4-7-16-8-5-6-9-19(16)26-15-18-10-11-20(27-18)21(25)23(2)14-17-12-13-22-24(17)3/h4-6,8-13H,1,7,14-15H2,2-3H3. The summed E-state index contributed by atoms with van der Waals surface area (Å²) in [7, 11) is 3.58. The monoisotopic (exact) mass is 365 g/mol. The summed E-state index contributed by atoms with van der Waals surface area (Å²) in [6, 6.07) is 13.1. The van der Waals surface area contributed by atoms with E-state index < -0.39 is 0 Å². The quantitative estimate of drug-likeness (QED) is 0.572. The predicted octanol–water partition coefficient (Wildman–Crippen LogP) is 3.59. The number of allylic oxidation sites excluding steroid dienone is 1. The van der Waals surface area contributed by atoms with E-state index in [0.717, 1.165) is 23.4 Å². The maximum absolute atomic E-state index is 12.6. The molecule has 0 N–H and O–H groups in total. The van der Waals surface area contributed by atoms with Crippen molar-refractivity contribution in [2.45, 2.75) is 19.6 Å². The average Bonchev–Trinajstić information content (AvgIpc) is 3.30. The van der Waals surface area contributed by atoms with Crippen molar-refractivity contribution in [3.05, 3.63) is 84.1 Å². The average molecular weight is 365 g/mol. The minimum Gasteiger partial charge on any atom is -0.485 e. The molecule has 0 fully saturated rings. The Morgan fingerprint density at radius 2 is 2.11 bits per heavy atom. The van der Waals surface area contributed by atoms with E-state index in [1.54, 1.807) is 35.0 Å². The minimum atomic E-state index is -0.186. The number of benzene rings is 1. The molecule has 3 aromatic rings. The third kappa shape index (κ3) is 4.47. The molecule has 0 aliphatic heterocycles. The van der Waals surface area contributed by atoms with Crippen molar-refractivity contribution in [3.8, 4) is 5.75 Å². The number of hydrogen-bond acceptors (Lipinski definition) is 4. The number of carbonyl (C=O) groups is 1. The van der Waals surface area contributed by atoms with Gasteiger partial charge in [0.15, 0.2) is 5.76 Å². The third-order valence-electron chi connectivity index (χ3n) is 4.25. The lowest BCUT2D eigenvalue weighted by atomic mass is 10.1. The molecule has 6 heteroatoms. The zero-order valence-electron chi connectivity index (χ0n) is 15.6. The molecule has 2 heterocycles. The fraction of sp³-hybridized carbons (Fsp3) is 0.238. The Kier molecular flexibility index (Phi) is 5.76. The largest absolute Gasteiger partial charge is 0.485 e. The molecule has 0 spiro atoms. The predicted molar refractivity (Wildman–Crippen MR) is 102 cm³/mol. The van der Waals surface area contributed by atoms with E-state index in [1.807, 2.05) is 43.5 Å². The summed E-state index contributed by atoms with van der Waals surface area (Å²) in [5.74, 6) is 1.49. The molecule has 140 valence electrons.